The highest BCUT2D eigenvalue weighted by molar-refractivity contribution is 14.0. The molecule has 0 aromatic carbocycles. The number of nitrogens with zero attached hydrogens (tertiary/aromatic N) is 3. The van der Waals surface area contributed by atoms with E-state index in [9.17, 15) is 0 Å². The summed E-state index contributed by atoms with van der Waals surface area (Å²) in [6.07, 6.45) is 11.7. The second-order valence-electron chi connectivity index (χ2n) is 10.00. The van der Waals surface area contributed by atoms with Crippen LogP contribution in [0.4, 0.5) is 0 Å². The third-order valence-electron chi connectivity index (χ3n) is 7.41. The van der Waals surface area contributed by atoms with Gasteiger partial charge in [-0.1, -0.05) is 19.8 Å². The molecule has 3 aliphatic rings. The SMILES string of the molecule is CCNC(=NCC1(N(C)C)CCCC(C)C1)N1CCC(OCC2CCCCO2)CC1.I. The van der Waals surface area contributed by atoms with E-state index in [1.807, 2.05) is 0 Å². The summed E-state index contributed by atoms with van der Waals surface area (Å²) < 4.78 is 12.0. The molecule has 182 valence electrons. The minimum atomic E-state index is 0. The Morgan fingerprint density at radius 2 is 1.94 bits per heavy atom. The van der Waals surface area contributed by atoms with Crippen molar-refractivity contribution < 1.29 is 9.47 Å². The lowest BCUT2D eigenvalue weighted by Gasteiger charge is -2.44. The fourth-order valence-corrected chi connectivity index (χ4v) is 5.39. The number of likely N-dealkylation sites (N-methyl/N-ethyl adjacent to an activating group) is 1. The zero-order chi connectivity index (χ0) is 21.4. The maximum Gasteiger partial charge on any atom is 0.193 e. The van der Waals surface area contributed by atoms with Crippen LogP contribution in [0.5, 0.6) is 0 Å². The first-order chi connectivity index (χ1) is 14.5. The molecule has 3 atom stereocenters. The van der Waals surface area contributed by atoms with Crippen LogP contribution in [0.25, 0.3) is 0 Å². The maximum atomic E-state index is 6.21. The van der Waals surface area contributed by atoms with Gasteiger partial charge in [-0.3, -0.25) is 4.99 Å². The number of nitrogens with one attached hydrogen (secondary N) is 1. The van der Waals surface area contributed by atoms with Crippen molar-refractivity contribution >= 4 is 29.9 Å². The van der Waals surface area contributed by atoms with Gasteiger partial charge in [-0.15, -0.1) is 24.0 Å². The fourth-order valence-electron chi connectivity index (χ4n) is 5.39. The van der Waals surface area contributed by atoms with Crippen molar-refractivity contribution in [1.29, 1.82) is 0 Å². The summed E-state index contributed by atoms with van der Waals surface area (Å²) in [5.41, 5.74) is 0.208. The normalized spacial score (nSPS) is 30.9. The molecule has 3 unspecified atom stereocenters. The lowest BCUT2D eigenvalue weighted by Crippen LogP contribution is -2.52. The van der Waals surface area contributed by atoms with E-state index in [-0.39, 0.29) is 29.5 Å². The minimum absolute atomic E-state index is 0. The Kier molecular flexibility index (Phi) is 11.9. The molecule has 6 nitrogen and oxygen atoms in total. The molecule has 0 bridgehead atoms. The topological polar surface area (TPSA) is 49.3 Å². The number of hydrogen-bond acceptors (Lipinski definition) is 4. The van der Waals surface area contributed by atoms with E-state index < -0.39 is 0 Å². The van der Waals surface area contributed by atoms with Gasteiger partial charge in [0.25, 0.3) is 0 Å². The highest BCUT2D eigenvalue weighted by Gasteiger charge is 2.37. The van der Waals surface area contributed by atoms with Crippen LogP contribution in [0.3, 0.4) is 0 Å². The standard InChI is InChI=1S/C24H46N4O2.HI/c1-5-25-23(26-19-24(27(3)4)13-8-9-20(2)17-24)28-14-11-21(12-15-28)30-18-22-10-6-7-16-29-22;/h20-22H,5-19H2,1-4H3,(H,25,26);1H. The zero-order valence-corrected chi connectivity index (χ0v) is 22.7. The van der Waals surface area contributed by atoms with E-state index in [1.54, 1.807) is 0 Å². The third-order valence-corrected chi connectivity index (χ3v) is 7.41. The molecule has 2 saturated heterocycles. The Balaban J connectivity index is 0.00000341. The van der Waals surface area contributed by atoms with Crippen molar-refractivity contribution in [2.24, 2.45) is 10.9 Å². The Hall–Kier alpha value is -0.120. The number of halogens is 1. The summed E-state index contributed by atoms with van der Waals surface area (Å²) in [5, 5.41) is 3.55. The quantitative estimate of drug-likeness (QED) is 0.294. The average molecular weight is 551 g/mol. The molecule has 2 aliphatic heterocycles. The van der Waals surface area contributed by atoms with Gasteiger partial charge in [-0.05, 0) is 71.9 Å². The molecule has 1 saturated carbocycles. The molecule has 3 rings (SSSR count). The van der Waals surface area contributed by atoms with E-state index in [0.717, 1.165) is 70.5 Å². The van der Waals surface area contributed by atoms with E-state index in [2.05, 4.69) is 43.1 Å². The summed E-state index contributed by atoms with van der Waals surface area (Å²) in [6, 6.07) is 0. The summed E-state index contributed by atoms with van der Waals surface area (Å²) in [4.78, 5) is 10.0. The van der Waals surface area contributed by atoms with Crippen molar-refractivity contribution in [2.45, 2.75) is 89.4 Å². The summed E-state index contributed by atoms with van der Waals surface area (Å²) >= 11 is 0. The zero-order valence-electron chi connectivity index (χ0n) is 20.4. The van der Waals surface area contributed by atoms with Gasteiger partial charge in [0.2, 0.25) is 0 Å². The predicted octanol–water partition coefficient (Wildman–Crippen LogP) is 4.13. The molecule has 0 radical (unpaired) electrons. The highest BCUT2D eigenvalue weighted by atomic mass is 127. The van der Waals surface area contributed by atoms with Gasteiger partial charge in [0, 0.05) is 31.8 Å². The predicted molar refractivity (Wildman–Crippen MR) is 140 cm³/mol. The van der Waals surface area contributed by atoms with Gasteiger partial charge in [0.1, 0.15) is 0 Å². The lowest BCUT2D eigenvalue weighted by atomic mass is 9.75. The van der Waals surface area contributed by atoms with Gasteiger partial charge >= 0.3 is 0 Å². The maximum absolute atomic E-state index is 6.21. The summed E-state index contributed by atoms with van der Waals surface area (Å²) in [5.74, 6) is 1.88. The number of piperidine rings is 1. The van der Waals surface area contributed by atoms with Crippen LogP contribution >= 0.6 is 24.0 Å². The lowest BCUT2D eigenvalue weighted by molar-refractivity contribution is -0.0721. The molecule has 0 aromatic rings. The largest absolute Gasteiger partial charge is 0.376 e. The third kappa shape index (κ3) is 8.00. The van der Waals surface area contributed by atoms with Crippen molar-refractivity contribution in [3.05, 3.63) is 0 Å². The van der Waals surface area contributed by atoms with Crippen LogP contribution in [0.2, 0.25) is 0 Å². The fraction of sp³-hybridized carbons (Fsp3) is 0.958. The first-order valence-electron chi connectivity index (χ1n) is 12.5. The van der Waals surface area contributed by atoms with E-state index >= 15 is 0 Å². The average Bonchev–Trinajstić information content (AvgIpc) is 2.76. The molecule has 0 spiro atoms. The first-order valence-corrected chi connectivity index (χ1v) is 12.5. The molecule has 31 heavy (non-hydrogen) atoms. The number of aliphatic imine (C=N–C) groups is 1. The summed E-state index contributed by atoms with van der Waals surface area (Å²) in [7, 11) is 4.47. The van der Waals surface area contributed by atoms with Crippen molar-refractivity contribution in [3.8, 4) is 0 Å². The smallest absolute Gasteiger partial charge is 0.193 e. The Morgan fingerprint density at radius 3 is 2.55 bits per heavy atom. The van der Waals surface area contributed by atoms with Crippen molar-refractivity contribution in [1.82, 2.24) is 15.1 Å². The Labute approximate surface area is 207 Å². The first kappa shape index (κ1) is 27.1. The molecule has 0 aromatic heterocycles. The van der Waals surface area contributed by atoms with E-state index in [0.29, 0.717) is 12.2 Å². The molecular formula is C24H47IN4O2. The van der Waals surface area contributed by atoms with Crippen molar-refractivity contribution in [3.63, 3.8) is 0 Å². The van der Waals surface area contributed by atoms with Gasteiger partial charge in [-0.2, -0.15) is 0 Å². The second-order valence-corrected chi connectivity index (χ2v) is 10.00. The molecular weight excluding hydrogens is 503 g/mol. The Morgan fingerprint density at radius 1 is 1.16 bits per heavy atom. The van der Waals surface area contributed by atoms with Crippen molar-refractivity contribution in [2.75, 3.05) is 53.5 Å². The molecule has 1 N–H and O–H groups in total. The van der Waals surface area contributed by atoms with Gasteiger partial charge in [0.05, 0.1) is 25.4 Å². The van der Waals surface area contributed by atoms with Crippen LogP contribution in [0, 0.1) is 5.92 Å². The number of ether oxygens (including phenoxy) is 2. The summed E-state index contributed by atoms with van der Waals surface area (Å²) in [6.45, 7) is 10.1. The van der Waals surface area contributed by atoms with Gasteiger partial charge in [-0.25, -0.2) is 0 Å². The number of hydrogen-bond donors (Lipinski definition) is 1. The molecule has 3 fully saturated rings. The van der Waals surface area contributed by atoms with Crippen LogP contribution in [0.1, 0.15) is 71.6 Å². The number of guanidine groups is 1. The molecule has 0 amide bonds. The van der Waals surface area contributed by atoms with E-state index in [4.69, 9.17) is 14.5 Å². The Bertz CT molecular complexity index is 534. The van der Waals surface area contributed by atoms with Gasteiger partial charge < -0.3 is 24.6 Å². The van der Waals surface area contributed by atoms with Crippen LogP contribution in [-0.4, -0.2) is 87.0 Å². The van der Waals surface area contributed by atoms with Gasteiger partial charge in [0.15, 0.2) is 5.96 Å². The monoisotopic (exact) mass is 550 g/mol. The van der Waals surface area contributed by atoms with Crippen LogP contribution in [0.15, 0.2) is 4.99 Å². The second kappa shape index (κ2) is 13.6. The van der Waals surface area contributed by atoms with Crippen LogP contribution in [-0.2, 0) is 9.47 Å². The highest BCUT2D eigenvalue weighted by Crippen LogP contribution is 2.36. The molecule has 7 heteroatoms. The minimum Gasteiger partial charge on any atom is -0.376 e. The van der Waals surface area contributed by atoms with Crippen LogP contribution < -0.4 is 5.32 Å². The number of likely N-dealkylation sites (tertiary alicyclic amines) is 1. The van der Waals surface area contributed by atoms with E-state index in [1.165, 1.54) is 38.5 Å². The number of rotatable bonds is 7. The molecule has 2 heterocycles. The molecule has 1 aliphatic carbocycles.